The minimum atomic E-state index is -0.407. The molecule has 0 fully saturated rings. The van der Waals surface area contributed by atoms with Crippen LogP contribution in [-0.4, -0.2) is 12.6 Å². The highest BCUT2D eigenvalue weighted by molar-refractivity contribution is 5.87. The van der Waals surface area contributed by atoms with Crippen molar-refractivity contribution in [1.29, 1.82) is 0 Å². The number of halogens is 1. The second-order valence-electron chi connectivity index (χ2n) is 3.39. The Hall–Kier alpha value is -1.90. The van der Waals surface area contributed by atoms with E-state index in [9.17, 15) is 9.18 Å². The Morgan fingerprint density at radius 1 is 1.29 bits per heavy atom. The van der Waals surface area contributed by atoms with Crippen LogP contribution >= 0.6 is 0 Å². The maximum absolute atomic E-state index is 12.6. The van der Waals surface area contributed by atoms with Crippen LogP contribution in [0.15, 0.2) is 42.5 Å². The zero-order valence-electron chi connectivity index (χ0n) is 9.73. The van der Waals surface area contributed by atoms with Crippen molar-refractivity contribution in [2.45, 2.75) is 13.3 Å². The average Bonchev–Trinajstić information content (AvgIpc) is 2.34. The van der Waals surface area contributed by atoms with Gasteiger partial charge in [0.25, 0.3) is 0 Å². The first kappa shape index (κ1) is 13.2. The quantitative estimate of drug-likeness (QED) is 0.443. The van der Waals surface area contributed by atoms with Gasteiger partial charge in [0.15, 0.2) is 0 Å². The molecule has 0 N–H and O–H groups in total. The third-order valence-electron chi connectivity index (χ3n) is 2.01. The number of hydrogen-bond acceptors (Lipinski definition) is 2. The summed E-state index contributed by atoms with van der Waals surface area (Å²) in [6.45, 7) is 2.28. The Balaban J connectivity index is 2.40. The lowest BCUT2D eigenvalue weighted by Gasteiger charge is -1.96. The van der Waals surface area contributed by atoms with Gasteiger partial charge in [0.2, 0.25) is 0 Å². The molecule has 3 heteroatoms. The van der Waals surface area contributed by atoms with Crippen LogP contribution < -0.4 is 0 Å². The summed E-state index contributed by atoms with van der Waals surface area (Å²) in [5.41, 5.74) is 0.757. The van der Waals surface area contributed by atoms with Gasteiger partial charge >= 0.3 is 5.97 Å². The SMILES string of the molecule is CCC=CCOC(=O)C=Cc1ccc(F)cc1. The molecule has 2 nitrogen and oxygen atoms in total. The second-order valence-corrected chi connectivity index (χ2v) is 3.39. The van der Waals surface area contributed by atoms with Crippen LogP contribution in [0.5, 0.6) is 0 Å². The van der Waals surface area contributed by atoms with Gasteiger partial charge < -0.3 is 4.74 Å². The first-order chi connectivity index (χ1) is 8.22. The van der Waals surface area contributed by atoms with Gasteiger partial charge in [-0.1, -0.05) is 31.2 Å². The van der Waals surface area contributed by atoms with Gasteiger partial charge in [-0.25, -0.2) is 9.18 Å². The molecule has 0 amide bonds. The molecule has 0 spiro atoms. The average molecular weight is 234 g/mol. The molecule has 0 saturated carbocycles. The fourth-order valence-electron chi connectivity index (χ4n) is 1.15. The van der Waals surface area contributed by atoms with Gasteiger partial charge in [-0.15, -0.1) is 0 Å². The summed E-state index contributed by atoms with van der Waals surface area (Å²) in [7, 11) is 0. The Kier molecular flexibility index (Phi) is 5.72. The van der Waals surface area contributed by atoms with Gasteiger partial charge in [-0.2, -0.15) is 0 Å². The third kappa shape index (κ3) is 5.66. The largest absolute Gasteiger partial charge is 0.458 e. The molecule has 1 rings (SSSR count). The summed E-state index contributed by atoms with van der Waals surface area (Å²) in [6.07, 6.45) is 7.56. The molecule has 0 bridgehead atoms. The molecule has 0 aliphatic heterocycles. The van der Waals surface area contributed by atoms with Gasteiger partial charge in [0.05, 0.1) is 0 Å². The highest BCUT2D eigenvalue weighted by Gasteiger charge is 1.94. The second kappa shape index (κ2) is 7.39. The van der Waals surface area contributed by atoms with E-state index in [1.165, 1.54) is 18.2 Å². The Bertz CT molecular complexity index is 405. The van der Waals surface area contributed by atoms with Crippen LogP contribution in [0, 0.1) is 5.82 Å². The summed E-state index contributed by atoms with van der Waals surface area (Å²) in [4.78, 5) is 11.2. The van der Waals surface area contributed by atoms with E-state index < -0.39 is 5.97 Å². The van der Waals surface area contributed by atoms with Crippen molar-refractivity contribution < 1.29 is 13.9 Å². The van der Waals surface area contributed by atoms with Crippen molar-refractivity contribution in [2.75, 3.05) is 6.61 Å². The molecule has 0 atom stereocenters. The highest BCUT2D eigenvalue weighted by atomic mass is 19.1. The van der Waals surface area contributed by atoms with Gasteiger partial charge in [0.1, 0.15) is 12.4 Å². The molecule has 0 aliphatic rings. The number of esters is 1. The highest BCUT2D eigenvalue weighted by Crippen LogP contribution is 2.04. The van der Waals surface area contributed by atoms with E-state index in [1.807, 2.05) is 13.0 Å². The Morgan fingerprint density at radius 3 is 2.65 bits per heavy atom. The van der Waals surface area contributed by atoms with E-state index in [1.54, 1.807) is 24.3 Å². The maximum atomic E-state index is 12.6. The lowest BCUT2D eigenvalue weighted by Crippen LogP contribution is -1.99. The Labute approximate surface area is 100 Å². The number of ether oxygens (including phenoxy) is 1. The summed E-state index contributed by atoms with van der Waals surface area (Å²) < 4.78 is 17.5. The van der Waals surface area contributed by atoms with Gasteiger partial charge in [-0.05, 0) is 30.2 Å². The predicted molar refractivity (Wildman–Crippen MR) is 65.8 cm³/mol. The maximum Gasteiger partial charge on any atom is 0.331 e. The van der Waals surface area contributed by atoms with Crippen LogP contribution in [0.4, 0.5) is 4.39 Å². The van der Waals surface area contributed by atoms with Crippen molar-refractivity contribution in [3.05, 3.63) is 53.9 Å². The summed E-state index contributed by atoms with van der Waals surface area (Å²) in [5, 5.41) is 0. The number of rotatable bonds is 5. The monoisotopic (exact) mass is 234 g/mol. The van der Waals surface area contributed by atoms with Crippen LogP contribution in [0.25, 0.3) is 6.08 Å². The van der Waals surface area contributed by atoms with Crippen LogP contribution in [0.1, 0.15) is 18.9 Å². The van der Waals surface area contributed by atoms with E-state index in [0.717, 1.165) is 12.0 Å². The number of carbonyl (C=O) groups is 1. The van der Waals surface area contributed by atoms with Crippen LogP contribution in [-0.2, 0) is 9.53 Å². The third-order valence-corrected chi connectivity index (χ3v) is 2.01. The number of benzene rings is 1. The fourth-order valence-corrected chi connectivity index (χ4v) is 1.15. The summed E-state index contributed by atoms with van der Waals surface area (Å²) >= 11 is 0. The van der Waals surface area contributed by atoms with Crippen molar-refractivity contribution in [3.63, 3.8) is 0 Å². The zero-order chi connectivity index (χ0) is 12.5. The lowest BCUT2D eigenvalue weighted by atomic mass is 10.2. The number of allylic oxidation sites excluding steroid dienone is 1. The molecular formula is C14H15FO2. The molecular weight excluding hydrogens is 219 g/mol. The standard InChI is InChI=1S/C14H15FO2/c1-2-3-4-11-17-14(16)10-7-12-5-8-13(15)9-6-12/h3-10H,2,11H2,1H3. The minimum absolute atomic E-state index is 0.278. The summed E-state index contributed by atoms with van der Waals surface area (Å²) in [6, 6.07) is 5.87. The van der Waals surface area contributed by atoms with Crippen molar-refractivity contribution in [2.24, 2.45) is 0 Å². The van der Waals surface area contributed by atoms with Crippen molar-refractivity contribution in [3.8, 4) is 0 Å². The first-order valence-corrected chi connectivity index (χ1v) is 5.47. The summed E-state index contributed by atoms with van der Waals surface area (Å²) in [5.74, 6) is -0.704. The Morgan fingerprint density at radius 2 is 2.00 bits per heavy atom. The molecule has 0 aliphatic carbocycles. The fraction of sp³-hybridized carbons (Fsp3) is 0.214. The minimum Gasteiger partial charge on any atom is -0.458 e. The zero-order valence-corrected chi connectivity index (χ0v) is 9.73. The van der Waals surface area contributed by atoms with Gasteiger partial charge in [-0.3, -0.25) is 0 Å². The van der Waals surface area contributed by atoms with Crippen molar-refractivity contribution in [1.82, 2.24) is 0 Å². The molecule has 0 heterocycles. The van der Waals surface area contributed by atoms with E-state index in [4.69, 9.17) is 4.74 Å². The number of hydrogen-bond donors (Lipinski definition) is 0. The molecule has 1 aromatic rings. The van der Waals surface area contributed by atoms with E-state index in [-0.39, 0.29) is 12.4 Å². The molecule has 0 aromatic heterocycles. The number of carbonyl (C=O) groups excluding carboxylic acids is 1. The van der Waals surface area contributed by atoms with E-state index in [0.29, 0.717) is 0 Å². The smallest absolute Gasteiger partial charge is 0.331 e. The van der Waals surface area contributed by atoms with E-state index >= 15 is 0 Å². The molecule has 0 radical (unpaired) electrons. The molecule has 0 saturated heterocycles. The van der Waals surface area contributed by atoms with E-state index in [2.05, 4.69) is 0 Å². The normalized spacial score (nSPS) is 11.2. The predicted octanol–water partition coefficient (Wildman–Crippen LogP) is 3.35. The first-order valence-electron chi connectivity index (χ1n) is 5.47. The van der Waals surface area contributed by atoms with Crippen molar-refractivity contribution >= 4 is 12.0 Å². The topological polar surface area (TPSA) is 26.3 Å². The molecule has 17 heavy (non-hydrogen) atoms. The van der Waals surface area contributed by atoms with Crippen LogP contribution in [0.2, 0.25) is 0 Å². The van der Waals surface area contributed by atoms with Crippen LogP contribution in [0.3, 0.4) is 0 Å². The molecule has 1 aromatic carbocycles. The lowest BCUT2D eigenvalue weighted by molar-refractivity contribution is -0.136. The molecule has 90 valence electrons. The van der Waals surface area contributed by atoms with Gasteiger partial charge in [0, 0.05) is 6.08 Å². The molecule has 0 unspecified atom stereocenters.